The van der Waals surface area contributed by atoms with Crippen molar-refractivity contribution in [1.29, 1.82) is 0 Å². The topological polar surface area (TPSA) is 78.1 Å². The van der Waals surface area contributed by atoms with Gasteiger partial charge in [0.15, 0.2) is 11.5 Å². The normalized spacial score (nSPS) is 13.0. The van der Waals surface area contributed by atoms with Gasteiger partial charge >= 0.3 is 0 Å². The maximum absolute atomic E-state index is 5.70. The van der Waals surface area contributed by atoms with E-state index in [1.54, 1.807) is 4.57 Å². The molecule has 82 valence electrons. The molecular weight excluding hydrogens is 228 g/mol. The number of nitrogens with one attached hydrogen (secondary N) is 1. The molecule has 0 saturated carbocycles. The molecule has 1 aliphatic rings. The molecule has 0 bridgehead atoms. The number of nitrogens with two attached hydrogens (primary N) is 1. The molecule has 2 heterocycles. The molecule has 0 atom stereocenters. The number of fused-ring (bicyclic) bond motifs is 1. The van der Waals surface area contributed by atoms with E-state index in [2.05, 4.69) is 10.2 Å². The van der Waals surface area contributed by atoms with Crippen molar-refractivity contribution in [2.75, 3.05) is 12.5 Å². The summed E-state index contributed by atoms with van der Waals surface area (Å²) < 4.78 is 12.6. The average Bonchev–Trinajstić information content (AvgIpc) is 2.85. The number of rotatable bonds is 1. The highest BCUT2D eigenvalue weighted by Gasteiger charge is 2.15. The number of benzene rings is 1. The maximum Gasteiger partial charge on any atom is 0.231 e. The van der Waals surface area contributed by atoms with Crippen LogP contribution in [-0.2, 0) is 0 Å². The van der Waals surface area contributed by atoms with Crippen molar-refractivity contribution in [3.8, 4) is 17.2 Å². The summed E-state index contributed by atoms with van der Waals surface area (Å²) in [6.45, 7) is 0.241. The molecule has 0 amide bonds. The van der Waals surface area contributed by atoms with E-state index in [9.17, 15) is 0 Å². The third-order valence-electron chi connectivity index (χ3n) is 2.31. The Kier molecular flexibility index (Phi) is 1.87. The second kappa shape index (κ2) is 3.24. The van der Waals surface area contributed by atoms with Crippen LogP contribution in [0.25, 0.3) is 5.69 Å². The lowest BCUT2D eigenvalue weighted by atomic mass is 10.3. The molecule has 16 heavy (non-hydrogen) atoms. The molecule has 1 aliphatic heterocycles. The summed E-state index contributed by atoms with van der Waals surface area (Å²) in [5, 5.41) is 6.46. The zero-order valence-corrected chi connectivity index (χ0v) is 8.95. The molecular formula is C9H8N4O2S. The zero-order valence-electron chi connectivity index (χ0n) is 8.14. The fraction of sp³-hybridized carbons (Fsp3) is 0.111. The zero-order chi connectivity index (χ0) is 11.1. The lowest BCUT2D eigenvalue weighted by Crippen LogP contribution is -2.00. The summed E-state index contributed by atoms with van der Waals surface area (Å²) in [7, 11) is 0. The molecule has 3 N–H and O–H groups in total. The van der Waals surface area contributed by atoms with Crippen molar-refractivity contribution < 1.29 is 9.47 Å². The highest BCUT2D eigenvalue weighted by Crippen LogP contribution is 2.33. The summed E-state index contributed by atoms with van der Waals surface area (Å²) in [4.78, 5) is 0. The summed E-state index contributed by atoms with van der Waals surface area (Å²) >= 11 is 5.08. The molecule has 0 fully saturated rings. The summed E-state index contributed by atoms with van der Waals surface area (Å²) in [6.07, 6.45) is 0. The molecule has 2 aromatic rings. The van der Waals surface area contributed by atoms with E-state index in [0.29, 0.717) is 16.5 Å². The fourth-order valence-electron chi connectivity index (χ4n) is 1.58. The van der Waals surface area contributed by atoms with Gasteiger partial charge in [0.1, 0.15) is 0 Å². The Morgan fingerprint density at radius 3 is 2.94 bits per heavy atom. The average molecular weight is 236 g/mol. The molecule has 0 saturated heterocycles. The first-order valence-electron chi connectivity index (χ1n) is 4.58. The second-order valence-electron chi connectivity index (χ2n) is 3.26. The first-order chi connectivity index (χ1) is 7.75. The number of ether oxygens (including phenoxy) is 2. The molecule has 1 aromatic carbocycles. The minimum Gasteiger partial charge on any atom is -0.454 e. The maximum atomic E-state index is 5.70. The molecule has 0 radical (unpaired) electrons. The Morgan fingerprint density at radius 1 is 1.38 bits per heavy atom. The SMILES string of the molecule is Nc1n[nH]c(=S)n1-c1ccc2c(c1)OCO2. The Balaban J connectivity index is 2.18. The Hall–Kier alpha value is -2.02. The first-order valence-corrected chi connectivity index (χ1v) is 4.99. The molecule has 1 aromatic heterocycles. The van der Waals surface area contributed by atoms with Crippen LogP contribution in [-0.4, -0.2) is 21.6 Å². The lowest BCUT2D eigenvalue weighted by molar-refractivity contribution is 0.174. The first kappa shape index (κ1) is 9.22. The minimum atomic E-state index is 0.241. The van der Waals surface area contributed by atoms with Gasteiger partial charge in [-0.2, -0.15) is 0 Å². The van der Waals surface area contributed by atoms with E-state index in [0.717, 1.165) is 11.4 Å². The minimum absolute atomic E-state index is 0.241. The molecule has 0 aliphatic carbocycles. The number of nitrogen functional groups attached to an aromatic ring is 1. The van der Waals surface area contributed by atoms with Crippen LogP contribution in [0.15, 0.2) is 18.2 Å². The van der Waals surface area contributed by atoms with Crippen molar-refractivity contribution in [3.63, 3.8) is 0 Å². The fourth-order valence-corrected chi connectivity index (χ4v) is 1.83. The van der Waals surface area contributed by atoms with E-state index < -0.39 is 0 Å². The number of aromatic amines is 1. The van der Waals surface area contributed by atoms with Crippen molar-refractivity contribution in [3.05, 3.63) is 23.0 Å². The highest BCUT2D eigenvalue weighted by atomic mass is 32.1. The molecule has 0 unspecified atom stereocenters. The van der Waals surface area contributed by atoms with Crippen molar-refractivity contribution in [1.82, 2.24) is 14.8 Å². The monoisotopic (exact) mass is 236 g/mol. The molecule has 6 nitrogen and oxygen atoms in total. The van der Waals surface area contributed by atoms with Crippen LogP contribution >= 0.6 is 12.2 Å². The van der Waals surface area contributed by atoms with E-state index in [-0.39, 0.29) is 6.79 Å². The van der Waals surface area contributed by atoms with Crippen LogP contribution in [0.4, 0.5) is 5.95 Å². The van der Waals surface area contributed by atoms with Gasteiger partial charge in [0.25, 0.3) is 0 Å². The summed E-state index contributed by atoms with van der Waals surface area (Å²) in [5.41, 5.74) is 6.49. The molecule has 0 spiro atoms. The highest BCUT2D eigenvalue weighted by molar-refractivity contribution is 7.71. The standard InChI is InChI=1S/C9H8N4O2S/c10-8-11-12-9(16)13(8)5-1-2-6-7(3-5)15-4-14-6/h1-3H,4H2,(H2,10,11)(H,12,16). The van der Waals surface area contributed by atoms with Crippen molar-refractivity contribution in [2.45, 2.75) is 0 Å². The van der Waals surface area contributed by atoms with Gasteiger partial charge in [0.2, 0.25) is 17.5 Å². The smallest absolute Gasteiger partial charge is 0.231 e. The number of H-pyrrole nitrogens is 1. The van der Waals surface area contributed by atoms with Crippen molar-refractivity contribution >= 4 is 18.2 Å². The van der Waals surface area contributed by atoms with Crippen molar-refractivity contribution in [2.24, 2.45) is 0 Å². The van der Waals surface area contributed by atoms with Crippen LogP contribution in [0.2, 0.25) is 0 Å². The predicted octanol–water partition coefficient (Wildman–Crippen LogP) is 1.24. The van der Waals surface area contributed by atoms with Crippen LogP contribution in [0.5, 0.6) is 11.5 Å². The van der Waals surface area contributed by atoms with E-state index >= 15 is 0 Å². The molecule has 3 rings (SSSR count). The van der Waals surface area contributed by atoms with Crippen LogP contribution in [0.3, 0.4) is 0 Å². The summed E-state index contributed by atoms with van der Waals surface area (Å²) in [5.74, 6) is 1.71. The number of hydrogen-bond donors (Lipinski definition) is 2. The second-order valence-corrected chi connectivity index (χ2v) is 3.65. The van der Waals surface area contributed by atoms with Gasteiger partial charge in [-0.05, 0) is 24.4 Å². The molecule has 7 heteroatoms. The Bertz CT molecular complexity index is 604. The Morgan fingerprint density at radius 2 is 2.19 bits per heavy atom. The van der Waals surface area contributed by atoms with Gasteiger partial charge in [-0.15, -0.1) is 5.10 Å². The van der Waals surface area contributed by atoms with Gasteiger partial charge in [0.05, 0.1) is 5.69 Å². The number of hydrogen-bond acceptors (Lipinski definition) is 5. The lowest BCUT2D eigenvalue weighted by Gasteiger charge is -2.04. The van der Waals surface area contributed by atoms with Gasteiger partial charge in [-0.1, -0.05) is 0 Å². The van der Waals surface area contributed by atoms with Gasteiger partial charge in [0, 0.05) is 6.07 Å². The van der Waals surface area contributed by atoms with Gasteiger partial charge < -0.3 is 15.2 Å². The van der Waals surface area contributed by atoms with Gasteiger partial charge in [-0.25, -0.2) is 5.10 Å². The van der Waals surface area contributed by atoms with E-state index in [1.807, 2.05) is 18.2 Å². The van der Waals surface area contributed by atoms with Gasteiger partial charge in [-0.3, -0.25) is 4.57 Å². The summed E-state index contributed by atoms with van der Waals surface area (Å²) in [6, 6.07) is 5.46. The predicted molar refractivity (Wildman–Crippen MR) is 59.3 cm³/mol. The van der Waals surface area contributed by atoms with E-state index in [4.69, 9.17) is 27.4 Å². The van der Waals surface area contributed by atoms with Crippen LogP contribution < -0.4 is 15.2 Å². The number of nitrogens with zero attached hydrogens (tertiary/aromatic N) is 2. The number of aromatic nitrogens is 3. The third-order valence-corrected chi connectivity index (χ3v) is 2.59. The third kappa shape index (κ3) is 1.25. The quantitative estimate of drug-likeness (QED) is 0.728. The van der Waals surface area contributed by atoms with Crippen LogP contribution in [0.1, 0.15) is 0 Å². The largest absolute Gasteiger partial charge is 0.454 e. The van der Waals surface area contributed by atoms with E-state index in [1.165, 1.54) is 0 Å². The van der Waals surface area contributed by atoms with Crippen LogP contribution in [0, 0.1) is 4.77 Å². The number of anilines is 1. The Labute approximate surface area is 95.6 Å².